The van der Waals surface area contributed by atoms with Crippen molar-refractivity contribution in [2.24, 2.45) is 0 Å². The molecule has 1 atom stereocenters. The summed E-state index contributed by atoms with van der Waals surface area (Å²) in [5, 5.41) is 3.69. The van der Waals surface area contributed by atoms with Crippen LogP contribution in [0.4, 0.5) is 0 Å². The average Bonchev–Trinajstić information content (AvgIpc) is 2.96. The van der Waals surface area contributed by atoms with Crippen LogP contribution in [0.3, 0.4) is 0 Å². The minimum Gasteiger partial charge on any atom is -0.309 e. The molecule has 1 aliphatic carbocycles. The maximum Gasteiger partial charge on any atom is 0.0303 e. The maximum atomic E-state index is 3.69. The Bertz CT molecular complexity index is 366. The maximum absolute atomic E-state index is 3.69. The number of thiophene rings is 1. The van der Waals surface area contributed by atoms with E-state index in [4.69, 9.17) is 0 Å². The van der Waals surface area contributed by atoms with Gasteiger partial charge in [0.25, 0.3) is 0 Å². The van der Waals surface area contributed by atoms with Crippen molar-refractivity contribution in [2.45, 2.75) is 44.4 Å². The molecule has 90 valence electrons. The molecule has 0 saturated heterocycles. The summed E-state index contributed by atoms with van der Waals surface area (Å²) in [6.07, 6.45) is 5.00. The summed E-state index contributed by atoms with van der Waals surface area (Å²) in [6.45, 7) is 7.86. The first-order valence-corrected chi connectivity index (χ1v) is 7.96. The number of hydrogen-bond acceptors (Lipinski definition) is 3. The van der Waals surface area contributed by atoms with E-state index in [0.717, 1.165) is 6.54 Å². The summed E-state index contributed by atoms with van der Waals surface area (Å²) >= 11 is 3.93. The highest BCUT2D eigenvalue weighted by Gasteiger charge is 2.41. The van der Waals surface area contributed by atoms with Gasteiger partial charge in [0.05, 0.1) is 0 Å². The fourth-order valence-electron chi connectivity index (χ4n) is 2.12. The van der Waals surface area contributed by atoms with E-state index in [0.29, 0.717) is 10.8 Å². The van der Waals surface area contributed by atoms with Gasteiger partial charge < -0.3 is 5.32 Å². The Morgan fingerprint density at radius 2 is 2.19 bits per heavy atom. The number of hydrogen-bond donors (Lipinski definition) is 1. The molecule has 0 radical (unpaired) electrons. The van der Waals surface area contributed by atoms with Crippen molar-refractivity contribution in [1.29, 1.82) is 0 Å². The number of rotatable bonds is 5. The molecule has 16 heavy (non-hydrogen) atoms. The van der Waals surface area contributed by atoms with Crippen LogP contribution in [-0.4, -0.2) is 17.5 Å². The van der Waals surface area contributed by atoms with Gasteiger partial charge in [-0.1, -0.05) is 0 Å². The van der Waals surface area contributed by atoms with Crippen LogP contribution >= 0.6 is 23.1 Å². The van der Waals surface area contributed by atoms with Crippen molar-refractivity contribution in [2.75, 3.05) is 12.8 Å². The number of aryl methyl sites for hydroxylation is 2. The predicted octanol–water partition coefficient (Wildman–Crippen LogP) is 3.91. The van der Waals surface area contributed by atoms with Crippen molar-refractivity contribution in [3.05, 3.63) is 21.4 Å². The van der Waals surface area contributed by atoms with E-state index in [1.54, 1.807) is 0 Å². The molecule has 1 aliphatic rings. The summed E-state index contributed by atoms with van der Waals surface area (Å²) in [5.41, 5.74) is 1.49. The van der Waals surface area contributed by atoms with E-state index in [2.05, 4.69) is 38.4 Å². The zero-order valence-electron chi connectivity index (χ0n) is 10.6. The third-order valence-corrected chi connectivity index (χ3v) is 5.92. The highest BCUT2D eigenvalue weighted by molar-refractivity contribution is 8.00. The lowest BCUT2D eigenvalue weighted by molar-refractivity contribution is 0.563. The number of nitrogens with one attached hydrogen (secondary N) is 1. The fourth-order valence-corrected chi connectivity index (χ4v) is 3.88. The van der Waals surface area contributed by atoms with Crippen LogP contribution in [0.1, 0.15) is 41.1 Å². The van der Waals surface area contributed by atoms with Crippen LogP contribution in [0.25, 0.3) is 0 Å². The SMILES string of the molecule is CSC1(CNC(C)c2cc(C)sc2C)CC1. The van der Waals surface area contributed by atoms with E-state index in [1.165, 1.54) is 28.2 Å². The van der Waals surface area contributed by atoms with Gasteiger partial charge in [-0.05, 0) is 51.5 Å². The third kappa shape index (κ3) is 2.63. The van der Waals surface area contributed by atoms with Crippen molar-refractivity contribution in [1.82, 2.24) is 5.32 Å². The second-order valence-corrected chi connectivity index (χ2v) is 7.59. The lowest BCUT2D eigenvalue weighted by Crippen LogP contribution is -2.28. The first-order chi connectivity index (χ1) is 7.56. The van der Waals surface area contributed by atoms with Crippen LogP contribution in [0, 0.1) is 13.8 Å². The van der Waals surface area contributed by atoms with Crippen molar-refractivity contribution >= 4 is 23.1 Å². The van der Waals surface area contributed by atoms with Crippen LogP contribution in [0.5, 0.6) is 0 Å². The van der Waals surface area contributed by atoms with Gasteiger partial charge in [0.1, 0.15) is 0 Å². The Balaban J connectivity index is 1.93. The van der Waals surface area contributed by atoms with Gasteiger partial charge in [-0.2, -0.15) is 11.8 Å². The molecule has 1 saturated carbocycles. The lowest BCUT2D eigenvalue weighted by atomic mass is 10.1. The number of thioether (sulfide) groups is 1. The summed E-state index contributed by atoms with van der Waals surface area (Å²) in [7, 11) is 0. The molecule has 1 aromatic rings. The Morgan fingerprint density at radius 3 is 2.62 bits per heavy atom. The normalized spacial score (nSPS) is 19.8. The van der Waals surface area contributed by atoms with Gasteiger partial charge in [-0.3, -0.25) is 0 Å². The summed E-state index contributed by atoms with van der Waals surface area (Å²) < 4.78 is 0.563. The largest absolute Gasteiger partial charge is 0.309 e. The molecule has 1 N–H and O–H groups in total. The van der Waals surface area contributed by atoms with Crippen molar-refractivity contribution < 1.29 is 0 Å². The van der Waals surface area contributed by atoms with Crippen molar-refractivity contribution in [3.8, 4) is 0 Å². The highest BCUT2D eigenvalue weighted by Crippen LogP contribution is 2.46. The first kappa shape index (κ1) is 12.5. The summed E-state index contributed by atoms with van der Waals surface area (Å²) in [4.78, 5) is 2.89. The van der Waals surface area contributed by atoms with Crippen LogP contribution in [0.15, 0.2) is 6.07 Å². The Kier molecular flexibility index (Phi) is 3.67. The van der Waals surface area contributed by atoms with E-state index >= 15 is 0 Å². The minimum absolute atomic E-state index is 0.495. The van der Waals surface area contributed by atoms with E-state index in [-0.39, 0.29) is 0 Å². The van der Waals surface area contributed by atoms with E-state index in [1.807, 2.05) is 23.1 Å². The molecular weight excluding hydrogens is 234 g/mol. The third-order valence-electron chi connectivity index (χ3n) is 3.52. The highest BCUT2D eigenvalue weighted by atomic mass is 32.2. The molecule has 0 amide bonds. The van der Waals surface area contributed by atoms with Gasteiger partial charge in [0.15, 0.2) is 0 Å². The molecule has 0 aliphatic heterocycles. The van der Waals surface area contributed by atoms with Gasteiger partial charge in [-0.15, -0.1) is 11.3 Å². The van der Waals surface area contributed by atoms with E-state index in [9.17, 15) is 0 Å². The minimum atomic E-state index is 0.495. The molecule has 1 fully saturated rings. The van der Waals surface area contributed by atoms with E-state index < -0.39 is 0 Å². The Hall–Kier alpha value is 0.01000. The Morgan fingerprint density at radius 1 is 1.50 bits per heavy atom. The lowest BCUT2D eigenvalue weighted by Gasteiger charge is -2.18. The Labute approximate surface area is 107 Å². The molecule has 1 heterocycles. The molecule has 0 spiro atoms. The first-order valence-electron chi connectivity index (χ1n) is 5.92. The summed E-state index contributed by atoms with van der Waals surface area (Å²) in [5.74, 6) is 0. The fraction of sp³-hybridized carbons (Fsp3) is 0.692. The molecule has 0 aromatic carbocycles. The zero-order chi connectivity index (χ0) is 11.8. The van der Waals surface area contributed by atoms with Gasteiger partial charge >= 0.3 is 0 Å². The molecular formula is C13H21NS2. The van der Waals surface area contributed by atoms with Gasteiger partial charge in [0.2, 0.25) is 0 Å². The molecule has 0 bridgehead atoms. The van der Waals surface area contributed by atoms with Gasteiger partial charge in [-0.25, -0.2) is 0 Å². The van der Waals surface area contributed by atoms with Gasteiger partial charge in [0, 0.05) is 27.1 Å². The van der Waals surface area contributed by atoms with Crippen LogP contribution in [-0.2, 0) is 0 Å². The predicted molar refractivity (Wildman–Crippen MR) is 75.7 cm³/mol. The second kappa shape index (κ2) is 4.71. The topological polar surface area (TPSA) is 12.0 Å². The van der Waals surface area contributed by atoms with Crippen LogP contribution < -0.4 is 5.32 Å². The molecule has 1 nitrogen and oxygen atoms in total. The standard InChI is InChI=1S/C13H21NS2/c1-9-7-12(11(3)16-9)10(2)14-8-13(15-4)5-6-13/h7,10,14H,5-6,8H2,1-4H3. The second-order valence-electron chi connectivity index (χ2n) is 4.86. The molecule has 1 aromatic heterocycles. The van der Waals surface area contributed by atoms with Crippen LogP contribution in [0.2, 0.25) is 0 Å². The molecule has 3 heteroatoms. The van der Waals surface area contributed by atoms with Crippen molar-refractivity contribution in [3.63, 3.8) is 0 Å². The zero-order valence-corrected chi connectivity index (χ0v) is 12.2. The summed E-state index contributed by atoms with van der Waals surface area (Å²) in [6, 6.07) is 2.82. The molecule has 2 rings (SSSR count). The monoisotopic (exact) mass is 255 g/mol. The average molecular weight is 255 g/mol. The molecule has 1 unspecified atom stereocenters. The smallest absolute Gasteiger partial charge is 0.0303 e. The quantitative estimate of drug-likeness (QED) is 0.856.